The zero-order valence-electron chi connectivity index (χ0n) is 16.8. The molecule has 0 aliphatic carbocycles. The summed E-state index contributed by atoms with van der Waals surface area (Å²) >= 11 is 0. The number of hydrogen-bond donors (Lipinski definition) is 0. The van der Waals surface area contributed by atoms with Gasteiger partial charge in [-0.25, -0.2) is 9.59 Å². The molecule has 1 saturated heterocycles. The normalized spacial score (nSPS) is 15.6. The quantitative estimate of drug-likeness (QED) is 0.417. The van der Waals surface area contributed by atoms with Crippen LogP contribution in [-0.4, -0.2) is 67.7 Å². The minimum Gasteiger partial charge on any atom is -0.471 e. The Balaban J connectivity index is 1.90. The van der Waals surface area contributed by atoms with E-state index in [9.17, 15) is 14.4 Å². The van der Waals surface area contributed by atoms with Gasteiger partial charge in [0, 0.05) is 31.9 Å². The number of carbonyl (C=O) groups is 3. The number of benzene rings is 1. The molecule has 0 saturated carbocycles. The SMILES string of the molecule is CCOC(=O)C(C=O)Oc1ccc(N2CCN(C(=O)OC(C)(C)C)CC2)cc1. The Hall–Kier alpha value is -2.77. The van der Waals surface area contributed by atoms with Gasteiger partial charge >= 0.3 is 12.1 Å². The molecule has 1 amide bonds. The first kappa shape index (κ1) is 21.5. The number of piperazine rings is 1. The Morgan fingerprint density at radius 2 is 1.71 bits per heavy atom. The van der Waals surface area contributed by atoms with Gasteiger partial charge in [0.2, 0.25) is 6.10 Å². The summed E-state index contributed by atoms with van der Waals surface area (Å²) in [7, 11) is 0. The summed E-state index contributed by atoms with van der Waals surface area (Å²) in [6.07, 6.45) is -1.15. The van der Waals surface area contributed by atoms with Crippen LogP contribution in [0.25, 0.3) is 0 Å². The van der Waals surface area contributed by atoms with Crippen molar-refractivity contribution < 1.29 is 28.6 Å². The average molecular weight is 392 g/mol. The summed E-state index contributed by atoms with van der Waals surface area (Å²) in [5.74, 6) is -0.305. The number of hydrogen-bond acceptors (Lipinski definition) is 7. The highest BCUT2D eigenvalue weighted by Crippen LogP contribution is 2.22. The van der Waals surface area contributed by atoms with Crippen LogP contribution in [0.4, 0.5) is 10.5 Å². The number of carbonyl (C=O) groups excluding carboxylic acids is 3. The van der Waals surface area contributed by atoms with E-state index in [1.54, 1.807) is 24.0 Å². The predicted molar refractivity (Wildman–Crippen MR) is 104 cm³/mol. The van der Waals surface area contributed by atoms with Crippen LogP contribution in [0.15, 0.2) is 24.3 Å². The highest BCUT2D eigenvalue weighted by Gasteiger charge is 2.26. The third-order valence-corrected chi connectivity index (χ3v) is 4.04. The summed E-state index contributed by atoms with van der Waals surface area (Å²) in [5.41, 5.74) is 0.461. The van der Waals surface area contributed by atoms with Crippen molar-refractivity contribution in [3.05, 3.63) is 24.3 Å². The fraction of sp³-hybridized carbons (Fsp3) is 0.550. The van der Waals surface area contributed by atoms with Crippen LogP contribution < -0.4 is 9.64 Å². The molecular weight excluding hydrogens is 364 g/mol. The zero-order chi connectivity index (χ0) is 20.7. The van der Waals surface area contributed by atoms with E-state index < -0.39 is 17.7 Å². The second-order valence-corrected chi connectivity index (χ2v) is 7.37. The van der Waals surface area contributed by atoms with E-state index in [0.717, 1.165) is 5.69 Å². The zero-order valence-corrected chi connectivity index (χ0v) is 16.8. The minimum atomic E-state index is -1.27. The number of amides is 1. The topological polar surface area (TPSA) is 85.4 Å². The van der Waals surface area contributed by atoms with Crippen molar-refractivity contribution in [2.45, 2.75) is 39.4 Å². The molecule has 0 bridgehead atoms. The van der Waals surface area contributed by atoms with Crippen LogP contribution in [0.1, 0.15) is 27.7 Å². The molecular formula is C20H28N2O6. The Labute approximate surface area is 165 Å². The van der Waals surface area contributed by atoms with E-state index in [-0.39, 0.29) is 12.7 Å². The lowest BCUT2D eigenvalue weighted by atomic mass is 10.2. The third kappa shape index (κ3) is 6.14. The van der Waals surface area contributed by atoms with Gasteiger partial charge in [-0.15, -0.1) is 0 Å². The molecule has 0 N–H and O–H groups in total. The smallest absolute Gasteiger partial charge is 0.410 e. The van der Waals surface area contributed by atoms with Gasteiger partial charge in [-0.05, 0) is 52.0 Å². The van der Waals surface area contributed by atoms with Gasteiger partial charge in [0.25, 0.3) is 0 Å². The first-order valence-corrected chi connectivity index (χ1v) is 9.35. The fourth-order valence-corrected chi connectivity index (χ4v) is 2.71. The van der Waals surface area contributed by atoms with Crippen molar-refractivity contribution in [3.63, 3.8) is 0 Å². The van der Waals surface area contributed by atoms with E-state index in [2.05, 4.69) is 4.90 Å². The lowest BCUT2D eigenvalue weighted by Crippen LogP contribution is -2.50. The summed E-state index contributed by atoms with van der Waals surface area (Å²) in [6, 6.07) is 7.10. The maximum absolute atomic E-state index is 12.1. The molecule has 0 radical (unpaired) electrons. The molecule has 0 spiro atoms. The Bertz CT molecular complexity index is 675. The Morgan fingerprint density at radius 3 is 2.21 bits per heavy atom. The van der Waals surface area contributed by atoms with Gasteiger partial charge in [-0.2, -0.15) is 0 Å². The summed E-state index contributed by atoms with van der Waals surface area (Å²) in [6.45, 7) is 9.90. The number of ether oxygens (including phenoxy) is 3. The molecule has 1 aromatic carbocycles. The number of nitrogens with zero attached hydrogens (tertiary/aromatic N) is 2. The monoisotopic (exact) mass is 392 g/mol. The van der Waals surface area contributed by atoms with Crippen molar-refractivity contribution >= 4 is 24.0 Å². The summed E-state index contributed by atoms with van der Waals surface area (Å²) < 4.78 is 15.6. The molecule has 154 valence electrons. The van der Waals surface area contributed by atoms with Gasteiger partial charge in [0.1, 0.15) is 11.4 Å². The lowest BCUT2D eigenvalue weighted by Gasteiger charge is -2.36. The molecule has 0 aromatic heterocycles. The molecule has 8 heteroatoms. The van der Waals surface area contributed by atoms with E-state index in [4.69, 9.17) is 14.2 Å². The highest BCUT2D eigenvalue weighted by molar-refractivity contribution is 5.91. The predicted octanol–water partition coefficient (Wildman–Crippen LogP) is 2.25. The molecule has 1 atom stereocenters. The standard InChI is InChI=1S/C20H28N2O6/c1-5-26-18(24)17(14-23)27-16-8-6-15(7-9-16)21-10-12-22(13-11-21)19(25)28-20(2,3)4/h6-9,14,17H,5,10-13H2,1-4H3. The van der Waals surface area contributed by atoms with Crippen molar-refractivity contribution in [2.75, 3.05) is 37.7 Å². The van der Waals surface area contributed by atoms with Gasteiger partial charge in [-0.3, -0.25) is 4.79 Å². The third-order valence-electron chi connectivity index (χ3n) is 4.04. The number of esters is 1. The molecule has 1 aliphatic heterocycles. The van der Waals surface area contributed by atoms with E-state index in [1.807, 2.05) is 32.9 Å². The minimum absolute atomic E-state index is 0.181. The molecule has 1 aromatic rings. The summed E-state index contributed by atoms with van der Waals surface area (Å²) in [5, 5.41) is 0. The average Bonchev–Trinajstić information content (AvgIpc) is 2.65. The molecule has 28 heavy (non-hydrogen) atoms. The summed E-state index contributed by atoms with van der Waals surface area (Å²) in [4.78, 5) is 38.7. The van der Waals surface area contributed by atoms with Gasteiger partial charge < -0.3 is 24.0 Å². The number of rotatable bonds is 6. The van der Waals surface area contributed by atoms with Gasteiger partial charge in [0.15, 0.2) is 6.29 Å². The Morgan fingerprint density at radius 1 is 1.11 bits per heavy atom. The number of aldehydes is 1. The Kier molecular flexibility index (Phi) is 7.25. The van der Waals surface area contributed by atoms with Crippen LogP contribution in [0, 0.1) is 0 Å². The van der Waals surface area contributed by atoms with Crippen LogP contribution >= 0.6 is 0 Å². The van der Waals surface area contributed by atoms with Gasteiger partial charge in [0.05, 0.1) is 6.61 Å². The molecule has 1 aliphatic rings. The second kappa shape index (κ2) is 9.43. The van der Waals surface area contributed by atoms with Crippen molar-refractivity contribution in [1.82, 2.24) is 4.90 Å². The molecule has 2 rings (SSSR count). The van der Waals surface area contributed by atoms with Gasteiger partial charge in [-0.1, -0.05) is 0 Å². The van der Waals surface area contributed by atoms with Crippen LogP contribution in [0.5, 0.6) is 5.75 Å². The second-order valence-electron chi connectivity index (χ2n) is 7.37. The van der Waals surface area contributed by atoms with E-state index in [0.29, 0.717) is 38.2 Å². The van der Waals surface area contributed by atoms with E-state index in [1.165, 1.54) is 0 Å². The number of anilines is 1. The van der Waals surface area contributed by atoms with Crippen molar-refractivity contribution in [3.8, 4) is 5.75 Å². The van der Waals surface area contributed by atoms with Crippen LogP contribution in [0.3, 0.4) is 0 Å². The molecule has 8 nitrogen and oxygen atoms in total. The van der Waals surface area contributed by atoms with Crippen molar-refractivity contribution in [1.29, 1.82) is 0 Å². The largest absolute Gasteiger partial charge is 0.471 e. The first-order chi connectivity index (χ1) is 13.2. The first-order valence-electron chi connectivity index (χ1n) is 9.35. The fourth-order valence-electron chi connectivity index (χ4n) is 2.71. The van der Waals surface area contributed by atoms with Crippen LogP contribution in [0.2, 0.25) is 0 Å². The molecule has 1 heterocycles. The van der Waals surface area contributed by atoms with E-state index >= 15 is 0 Å². The maximum atomic E-state index is 12.1. The maximum Gasteiger partial charge on any atom is 0.410 e. The molecule has 1 unspecified atom stereocenters. The lowest BCUT2D eigenvalue weighted by molar-refractivity contribution is -0.152. The van der Waals surface area contributed by atoms with Crippen LogP contribution in [-0.2, 0) is 19.1 Å². The molecule has 1 fully saturated rings. The highest BCUT2D eigenvalue weighted by atomic mass is 16.6. The van der Waals surface area contributed by atoms with Crippen molar-refractivity contribution in [2.24, 2.45) is 0 Å².